The Morgan fingerprint density at radius 3 is 2.43 bits per heavy atom. The molecule has 0 amide bonds. The largest absolute Gasteiger partial charge is 0.484 e. The van der Waals surface area contributed by atoms with Gasteiger partial charge >= 0.3 is 0 Å². The van der Waals surface area contributed by atoms with Crippen molar-refractivity contribution in [2.75, 3.05) is 13.1 Å². The van der Waals surface area contributed by atoms with E-state index in [9.17, 15) is 0 Å². The number of nitrogens with one attached hydrogen (secondary N) is 1. The molecule has 2 rings (SSSR count). The van der Waals surface area contributed by atoms with Crippen LogP contribution in [0.4, 0.5) is 0 Å². The van der Waals surface area contributed by atoms with Gasteiger partial charge in [-0.3, -0.25) is 0 Å². The van der Waals surface area contributed by atoms with Gasteiger partial charge in [0.2, 0.25) is 0 Å². The molecule has 0 aliphatic rings. The molecule has 1 unspecified atom stereocenters. The van der Waals surface area contributed by atoms with Crippen LogP contribution in [0.25, 0.3) is 0 Å². The molecule has 0 aliphatic heterocycles. The van der Waals surface area contributed by atoms with Crippen LogP contribution < -0.4 is 10.1 Å². The molecular formula is C18H22INO. The topological polar surface area (TPSA) is 21.3 Å². The molecule has 2 aromatic carbocycles. The SMILES string of the molecule is CC(C)CNCC(Oc1cccc(I)c1)c1ccccc1. The zero-order valence-electron chi connectivity index (χ0n) is 12.6. The van der Waals surface area contributed by atoms with E-state index in [-0.39, 0.29) is 6.10 Å². The third-order valence-electron chi connectivity index (χ3n) is 3.13. The van der Waals surface area contributed by atoms with E-state index in [4.69, 9.17) is 4.74 Å². The van der Waals surface area contributed by atoms with Crippen molar-refractivity contribution < 1.29 is 4.74 Å². The van der Waals surface area contributed by atoms with Crippen LogP contribution in [0.2, 0.25) is 0 Å². The highest BCUT2D eigenvalue weighted by Crippen LogP contribution is 2.23. The summed E-state index contributed by atoms with van der Waals surface area (Å²) in [5.41, 5.74) is 1.20. The Morgan fingerprint density at radius 1 is 1.00 bits per heavy atom. The fourth-order valence-corrected chi connectivity index (χ4v) is 2.62. The smallest absolute Gasteiger partial charge is 0.136 e. The summed E-state index contributed by atoms with van der Waals surface area (Å²) in [6.07, 6.45) is 0.0307. The van der Waals surface area contributed by atoms with Crippen LogP contribution in [-0.4, -0.2) is 13.1 Å². The maximum atomic E-state index is 6.20. The summed E-state index contributed by atoms with van der Waals surface area (Å²) < 4.78 is 7.38. The van der Waals surface area contributed by atoms with Gasteiger partial charge in [-0.05, 0) is 58.8 Å². The van der Waals surface area contributed by atoms with Gasteiger partial charge in [-0.1, -0.05) is 50.2 Å². The van der Waals surface area contributed by atoms with Gasteiger partial charge in [-0.15, -0.1) is 0 Å². The summed E-state index contributed by atoms with van der Waals surface area (Å²) in [5, 5.41) is 3.49. The Kier molecular flexibility index (Phi) is 6.51. The van der Waals surface area contributed by atoms with Crippen LogP contribution in [0.1, 0.15) is 25.5 Å². The van der Waals surface area contributed by atoms with E-state index < -0.39 is 0 Å². The van der Waals surface area contributed by atoms with Crippen molar-refractivity contribution >= 4 is 22.6 Å². The van der Waals surface area contributed by atoms with Gasteiger partial charge in [0.1, 0.15) is 11.9 Å². The fourth-order valence-electron chi connectivity index (χ4n) is 2.10. The monoisotopic (exact) mass is 395 g/mol. The number of halogens is 1. The van der Waals surface area contributed by atoms with Crippen molar-refractivity contribution in [1.29, 1.82) is 0 Å². The molecule has 0 spiro atoms. The predicted octanol–water partition coefficient (Wildman–Crippen LogP) is 4.66. The minimum atomic E-state index is 0.0307. The summed E-state index contributed by atoms with van der Waals surface area (Å²) >= 11 is 2.31. The average molecular weight is 395 g/mol. The molecule has 112 valence electrons. The molecule has 0 bridgehead atoms. The van der Waals surface area contributed by atoms with Crippen LogP contribution in [0.15, 0.2) is 54.6 Å². The Morgan fingerprint density at radius 2 is 1.76 bits per heavy atom. The molecule has 3 heteroatoms. The van der Waals surface area contributed by atoms with E-state index in [1.807, 2.05) is 18.2 Å². The van der Waals surface area contributed by atoms with Crippen molar-refractivity contribution in [3.8, 4) is 5.75 Å². The van der Waals surface area contributed by atoms with Gasteiger partial charge in [0.05, 0.1) is 0 Å². The Labute approximate surface area is 141 Å². The number of benzene rings is 2. The summed E-state index contributed by atoms with van der Waals surface area (Å²) in [7, 11) is 0. The molecule has 0 saturated carbocycles. The van der Waals surface area contributed by atoms with Crippen molar-refractivity contribution in [1.82, 2.24) is 5.32 Å². The van der Waals surface area contributed by atoms with Crippen LogP contribution in [0.3, 0.4) is 0 Å². The minimum Gasteiger partial charge on any atom is -0.484 e. The number of rotatable bonds is 7. The van der Waals surface area contributed by atoms with Gasteiger partial charge < -0.3 is 10.1 Å². The van der Waals surface area contributed by atoms with Gasteiger partial charge in [0.25, 0.3) is 0 Å². The molecule has 2 aromatic rings. The molecule has 2 nitrogen and oxygen atoms in total. The van der Waals surface area contributed by atoms with Crippen LogP contribution in [0, 0.1) is 9.49 Å². The summed E-state index contributed by atoms with van der Waals surface area (Å²) in [6, 6.07) is 18.6. The van der Waals surface area contributed by atoms with E-state index in [0.29, 0.717) is 5.92 Å². The molecule has 21 heavy (non-hydrogen) atoms. The molecule has 0 saturated heterocycles. The fraction of sp³-hybridized carbons (Fsp3) is 0.333. The number of hydrogen-bond donors (Lipinski definition) is 1. The number of hydrogen-bond acceptors (Lipinski definition) is 2. The first-order valence-electron chi connectivity index (χ1n) is 7.33. The van der Waals surface area contributed by atoms with Crippen molar-refractivity contribution in [3.05, 3.63) is 63.7 Å². The van der Waals surface area contributed by atoms with Gasteiger partial charge in [0.15, 0.2) is 0 Å². The zero-order valence-corrected chi connectivity index (χ0v) is 14.7. The lowest BCUT2D eigenvalue weighted by Crippen LogP contribution is -2.28. The normalized spacial score (nSPS) is 12.4. The zero-order chi connectivity index (χ0) is 15.1. The first kappa shape index (κ1) is 16.3. The van der Waals surface area contributed by atoms with Crippen LogP contribution in [-0.2, 0) is 0 Å². The molecule has 0 fully saturated rings. The quantitative estimate of drug-likeness (QED) is 0.689. The maximum absolute atomic E-state index is 6.20. The van der Waals surface area contributed by atoms with Crippen LogP contribution in [0.5, 0.6) is 5.75 Å². The standard InChI is InChI=1S/C18H22INO/c1-14(2)12-20-13-18(15-7-4-3-5-8-15)21-17-10-6-9-16(19)11-17/h3-11,14,18,20H,12-13H2,1-2H3. The van der Waals surface area contributed by atoms with Crippen molar-refractivity contribution in [2.45, 2.75) is 20.0 Å². The second kappa shape index (κ2) is 8.39. The molecule has 1 N–H and O–H groups in total. The van der Waals surface area contributed by atoms with Gasteiger partial charge in [-0.25, -0.2) is 0 Å². The average Bonchev–Trinajstić information content (AvgIpc) is 2.47. The van der Waals surface area contributed by atoms with E-state index in [1.54, 1.807) is 0 Å². The first-order chi connectivity index (χ1) is 10.1. The van der Waals surface area contributed by atoms with E-state index in [0.717, 1.165) is 18.8 Å². The second-order valence-corrected chi connectivity index (χ2v) is 6.77. The molecule has 1 atom stereocenters. The van der Waals surface area contributed by atoms with Gasteiger partial charge in [-0.2, -0.15) is 0 Å². The second-order valence-electron chi connectivity index (χ2n) is 5.53. The first-order valence-corrected chi connectivity index (χ1v) is 8.41. The van der Waals surface area contributed by atoms with Crippen molar-refractivity contribution in [2.24, 2.45) is 5.92 Å². The van der Waals surface area contributed by atoms with E-state index in [2.05, 4.69) is 78.2 Å². The minimum absolute atomic E-state index is 0.0307. The molecule has 0 aromatic heterocycles. The number of ether oxygens (including phenoxy) is 1. The maximum Gasteiger partial charge on any atom is 0.136 e. The third-order valence-corrected chi connectivity index (χ3v) is 3.80. The summed E-state index contributed by atoms with van der Waals surface area (Å²) in [5.74, 6) is 1.56. The lowest BCUT2D eigenvalue weighted by molar-refractivity contribution is 0.200. The molecular weight excluding hydrogens is 373 g/mol. The van der Waals surface area contributed by atoms with Crippen molar-refractivity contribution in [3.63, 3.8) is 0 Å². The summed E-state index contributed by atoms with van der Waals surface area (Å²) in [6.45, 7) is 6.24. The lowest BCUT2D eigenvalue weighted by Gasteiger charge is -2.21. The van der Waals surface area contributed by atoms with E-state index in [1.165, 1.54) is 9.13 Å². The highest BCUT2D eigenvalue weighted by molar-refractivity contribution is 14.1. The van der Waals surface area contributed by atoms with E-state index >= 15 is 0 Å². The Balaban J connectivity index is 2.08. The molecule has 0 aliphatic carbocycles. The van der Waals surface area contributed by atoms with Crippen LogP contribution >= 0.6 is 22.6 Å². The Hall–Kier alpha value is -1.07. The molecule has 0 radical (unpaired) electrons. The predicted molar refractivity (Wildman–Crippen MR) is 96.7 cm³/mol. The highest BCUT2D eigenvalue weighted by atomic mass is 127. The molecule has 0 heterocycles. The lowest BCUT2D eigenvalue weighted by atomic mass is 10.1. The summed E-state index contributed by atoms with van der Waals surface area (Å²) in [4.78, 5) is 0. The highest BCUT2D eigenvalue weighted by Gasteiger charge is 2.13. The Bertz CT molecular complexity index is 542. The third kappa shape index (κ3) is 5.67. The van der Waals surface area contributed by atoms with Gasteiger partial charge in [0, 0.05) is 10.1 Å².